The second-order valence-electron chi connectivity index (χ2n) is 14.1. The zero-order chi connectivity index (χ0) is 36.4. The van der Waals surface area contributed by atoms with E-state index in [9.17, 15) is 14.7 Å². The highest BCUT2D eigenvalue weighted by molar-refractivity contribution is 5.70. The molecule has 0 saturated carbocycles. The van der Waals surface area contributed by atoms with Gasteiger partial charge in [0.15, 0.2) is 6.10 Å². The molecule has 0 bridgehead atoms. The lowest BCUT2D eigenvalue weighted by Gasteiger charge is -2.15. The minimum atomic E-state index is -0.798. The molecule has 1 N–H and O–H groups in total. The summed E-state index contributed by atoms with van der Waals surface area (Å²) in [6.45, 7) is 4.08. The topological polar surface area (TPSA) is 72.8 Å². The van der Waals surface area contributed by atoms with Gasteiger partial charge in [0.2, 0.25) is 0 Å². The third kappa shape index (κ3) is 38.7. The van der Waals surface area contributed by atoms with Gasteiger partial charge in [-0.05, 0) is 51.4 Å². The second-order valence-corrected chi connectivity index (χ2v) is 14.1. The van der Waals surface area contributed by atoms with Crippen LogP contribution in [0.25, 0.3) is 0 Å². The molecule has 0 spiro atoms. The molecule has 290 valence electrons. The smallest absolute Gasteiger partial charge is 0.306 e. The first-order chi connectivity index (χ1) is 24.6. The van der Waals surface area contributed by atoms with Crippen LogP contribution in [0.1, 0.15) is 206 Å². The first-order valence-corrected chi connectivity index (χ1v) is 21.2. The molecule has 0 aromatic rings. The molecular formula is C45H80O5. The molecule has 0 fully saturated rings. The van der Waals surface area contributed by atoms with E-state index < -0.39 is 6.10 Å². The standard InChI is InChI=1S/C45H80O5/c1-3-5-7-9-11-13-15-17-19-21-22-24-25-27-29-31-33-35-37-39-44(47)49-42-43(41-46)50-45(48)40-38-36-34-32-30-28-26-23-20-18-16-14-12-10-8-6-4-2/h12,14,18,20,26,28,32,34,43,46H,3-11,13,15-17,19,21-25,27,29-31,33,35-42H2,1-2H3/b14-12+,20-18+,28-26+,34-32+/t43-/m0/s1. The van der Waals surface area contributed by atoms with Crippen LogP contribution in [0, 0.1) is 0 Å². The molecular weight excluding hydrogens is 620 g/mol. The second kappa shape index (κ2) is 41.3. The van der Waals surface area contributed by atoms with E-state index >= 15 is 0 Å². The summed E-state index contributed by atoms with van der Waals surface area (Å²) in [4.78, 5) is 24.3. The van der Waals surface area contributed by atoms with Crippen LogP contribution in [0.15, 0.2) is 48.6 Å². The predicted molar refractivity (Wildman–Crippen MR) is 214 cm³/mol. The average molecular weight is 701 g/mol. The van der Waals surface area contributed by atoms with Gasteiger partial charge < -0.3 is 14.6 Å². The zero-order valence-electron chi connectivity index (χ0n) is 32.9. The van der Waals surface area contributed by atoms with Crippen molar-refractivity contribution in [2.24, 2.45) is 0 Å². The van der Waals surface area contributed by atoms with E-state index in [1.54, 1.807) is 0 Å². The number of carbonyl (C=O) groups excluding carboxylic acids is 2. The molecule has 1 atom stereocenters. The first-order valence-electron chi connectivity index (χ1n) is 21.2. The maximum Gasteiger partial charge on any atom is 0.306 e. The summed E-state index contributed by atoms with van der Waals surface area (Å²) < 4.78 is 10.6. The minimum Gasteiger partial charge on any atom is -0.462 e. The van der Waals surface area contributed by atoms with Gasteiger partial charge in [-0.3, -0.25) is 9.59 Å². The van der Waals surface area contributed by atoms with Crippen molar-refractivity contribution in [2.75, 3.05) is 13.2 Å². The largest absolute Gasteiger partial charge is 0.462 e. The van der Waals surface area contributed by atoms with Crippen LogP contribution in [0.2, 0.25) is 0 Å². The van der Waals surface area contributed by atoms with Crippen LogP contribution >= 0.6 is 0 Å². The Morgan fingerprint density at radius 1 is 0.460 bits per heavy atom. The number of hydrogen-bond donors (Lipinski definition) is 1. The average Bonchev–Trinajstić information content (AvgIpc) is 3.12. The number of rotatable bonds is 38. The number of aliphatic hydroxyl groups excluding tert-OH is 1. The molecule has 0 unspecified atom stereocenters. The van der Waals surface area contributed by atoms with Crippen LogP contribution in [-0.4, -0.2) is 36.4 Å². The van der Waals surface area contributed by atoms with Crippen LogP contribution < -0.4 is 0 Å². The van der Waals surface area contributed by atoms with Crippen LogP contribution in [0.5, 0.6) is 0 Å². The monoisotopic (exact) mass is 701 g/mol. The molecule has 0 aromatic carbocycles. The van der Waals surface area contributed by atoms with Crippen LogP contribution in [-0.2, 0) is 19.1 Å². The van der Waals surface area contributed by atoms with Gasteiger partial charge in [0, 0.05) is 12.8 Å². The van der Waals surface area contributed by atoms with E-state index in [0.717, 1.165) is 44.9 Å². The minimum absolute atomic E-state index is 0.0859. The molecule has 0 aliphatic carbocycles. The van der Waals surface area contributed by atoms with Crippen molar-refractivity contribution < 1.29 is 24.2 Å². The Kier molecular flexibility index (Phi) is 39.5. The molecule has 5 nitrogen and oxygen atoms in total. The number of allylic oxidation sites excluding steroid dienone is 8. The third-order valence-corrected chi connectivity index (χ3v) is 9.13. The summed E-state index contributed by atoms with van der Waals surface area (Å²) in [7, 11) is 0. The Labute approximate surface area is 309 Å². The summed E-state index contributed by atoms with van der Waals surface area (Å²) in [5.41, 5.74) is 0. The highest BCUT2D eigenvalue weighted by Crippen LogP contribution is 2.15. The molecule has 0 heterocycles. The number of carbonyl (C=O) groups is 2. The molecule has 5 heteroatoms. The first kappa shape index (κ1) is 47.9. The van der Waals surface area contributed by atoms with Crippen LogP contribution in [0.3, 0.4) is 0 Å². The molecule has 0 aliphatic heterocycles. The number of ether oxygens (including phenoxy) is 2. The van der Waals surface area contributed by atoms with Gasteiger partial charge in [-0.2, -0.15) is 0 Å². The van der Waals surface area contributed by atoms with Crippen molar-refractivity contribution >= 4 is 11.9 Å². The van der Waals surface area contributed by atoms with E-state index in [1.165, 1.54) is 128 Å². The Morgan fingerprint density at radius 3 is 1.26 bits per heavy atom. The van der Waals surface area contributed by atoms with Crippen molar-refractivity contribution in [1.82, 2.24) is 0 Å². The molecule has 0 radical (unpaired) electrons. The third-order valence-electron chi connectivity index (χ3n) is 9.13. The fraction of sp³-hybridized carbons (Fsp3) is 0.778. The lowest BCUT2D eigenvalue weighted by Crippen LogP contribution is -2.28. The lowest BCUT2D eigenvalue weighted by molar-refractivity contribution is -0.161. The fourth-order valence-corrected chi connectivity index (χ4v) is 5.90. The fourth-order valence-electron chi connectivity index (χ4n) is 5.90. The van der Waals surface area contributed by atoms with E-state index in [4.69, 9.17) is 9.47 Å². The molecule has 50 heavy (non-hydrogen) atoms. The van der Waals surface area contributed by atoms with Crippen molar-refractivity contribution in [2.45, 2.75) is 213 Å². The normalized spacial score (nSPS) is 12.6. The van der Waals surface area contributed by atoms with Gasteiger partial charge in [0.1, 0.15) is 6.61 Å². The van der Waals surface area contributed by atoms with E-state index in [2.05, 4.69) is 62.5 Å². The van der Waals surface area contributed by atoms with Gasteiger partial charge in [-0.25, -0.2) is 0 Å². The number of hydrogen-bond acceptors (Lipinski definition) is 5. The summed E-state index contributed by atoms with van der Waals surface area (Å²) in [5.74, 6) is -0.651. The summed E-state index contributed by atoms with van der Waals surface area (Å²) in [6.07, 6.45) is 51.8. The quantitative estimate of drug-likeness (QED) is 0.0394. The van der Waals surface area contributed by atoms with Crippen molar-refractivity contribution in [3.63, 3.8) is 0 Å². The summed E-state index contributed by atoms with van der Waals surface area (Å²) >= 11 is 0. The maximum absolute atomic E-state index is 12.2. The van der Waals surface area contributed by atoms with Gasteiger partial charge >= 0.3 is 11.9 Å². The van der Waals surface area contributed by atoms with Gasteiger partial charge in [-0.1, -0.05) is 191 Å². The van der Waals surface area contributed by atoms with Crippen molar-refractivity contribution in [3.05, 3.63) is 48.6 Å². The Bertz CT molecular complexity index is 842. The highest BCUT2D eigenvalue weighted by atomic mass is 16.6. The maximum atomic E-state index is 12.2. The SMILES string of the molecule is CCCCC/C=C/C/C=C/C/C=C/C/C=C/CCCC(=O)O[C@@H](CO)COC(=O)CCCCCCCCCCCCCCCCCCCCC. The van der Waals surface area contributed by atoms with E-state index in [0.29, 0.717) is 12.8 Å². The van der Waals surface area contributed by atoms with Gasteiger partial charge in [0.05, 0.1) is 6.61 Å². The van der Waals surface area contributed by atoms with Crippen LogP contribution in [0.4, 0.5) is 0 Å². The predicted octanol–water partition coefficient (Wildman–Crippen LogP) is 13.4. The Morgan fingerprint density at radius 2 is 0.820 bits per heavy atom. The summed E-state index contributed by atoms with van der Waals surface area (Å²) in [6, 6.07) is 0. The Hall–Kier alpha value is -2.14. The number of unbranched alkanes of at least 4 members (excludes halogenated alkanes) is 22. The van der Waals surface area contributed by atoms with Gasteiger partial charge in [-0.15, -0.1) is 0 Å². The van der Waals surface area contributed by atoms with E-state index in [-0.39, 0.29) is 31.6 Å². The van der Waals surface area contributed by atoms with Crippen molar-refractivity contribution in [3.8, 4) is 0 Å². The molecule has 0 rings (SSSR count). The van der Waals surface area contributed by atoms with Gasteiger partial charge in [0.25, 0.3) is 0 Å². The molecule has 0 amide bonds. The molecule has 0 aromatic heterocycles. The number of aliphatic hydroxyl groups is 1. The Balaban J connectivity index is 3.60. The van der Waals surface area contributed by atoms with Crippen molar-refractivity contribution in [1.29, 1.82) is 0 Å². The molecule has 0 aliphatic rings. The number of esters is 2. The summed E-state index contributed by atoms with van der Waals surface area (Å²) in [5, 5.41) is 9.56. The zero-order valence-corrected chi connectivity index (χ0v) is 32.9. The van der Waals surface area contributed by atoms with E-state index in [1.807, 2.05) is 0 Å². The highest BCUT2D eigenvalue weighted by Gasteiger charge is 2.16. The lowest BCUT2D eigenvalue weighted by atomic mass is 10.0. The molecule has 0 saturated heterocycles.